The predicted molar refractivity (Wildman–Crippen MR) is 80.4 cm³/mol. The van der Waals surface area contributed by atoms with Crippen molar-refractivity contribution in [3.8, 4) is 5.75 Å². The molecule has 0 aromatic heterocycles. The van der Waals surface area contributed by atoms with Gasteiger partial charge in [0, 0.05) is 4.91 Å². The number of hydrogen-bond donors (Lipinski definition) is 0. The van der Waals surface area contributed by atoms with Crippen molar-refractivity contribution in [1.82, 2.24) is 0 Å². The monoisotopic (exact) mass is 279 g/mol. The molecular weight excluding hydrogens is 266 g/mol. The minimum atomic E-state index is -0.631. The fourth-order valence-corrected chi connectivity index (χ4v) is 1.69. The van der Waals surface area contributed by atoms with Gasteiger partial charge in [-0.2, -0.15) is 0 Å². The van der Waals surface area contributed by atoms with E-state index in [4.69, 9.17) is 10.3 Å². The number of ether oxygens (including phenoxy) is 1. The Morgan fingerprint density at radius 1 is 1.19 bits per heavy atom. The first-order chi connectivity index (χ1) is 10.3. The number of nitrogens with zero attached hydrogens (tertiary/aromatic N) is 3. The summed E-state index contributed by atoms with van der Waals surface area (Å²) in [6, 6.07) is 17.2. The molecule has 5 nitrogen and oxygen atoms in total. The highest BCUT2D eigenvalue weighted by molar-refractivity contribution is 5.92. The summed E-state index contributed by atoms with van der Waals surface area (Å²) in [5.74, 6) is 0.0744. The zero-order chi connectivity index (χ0) is 14.9. The van der Waals surface area contributed by atoms with Gasteiger partial charge in [0.15, 0.2) is 0 Å². The summed E-state index contributed by atoms with van der Waals surface area (Å²) in [6.07, 6.45) is 2.79. The van der Waals surface area contributed by atoms with E-state index < -0.39 is 5.91 Å². The molecule has 0 bridgehead atoms. The first-order valence-electron chi connectivity index (χ1n) is 6.32. The minimum absolute atomic E-state index is 0.478. The van der Waals surface area contributed by atoms with Crippen LogP contribution in [0.4, 0.5) is 0 Å². The summed E-state index contributed by atoms with van der Waals surface area (Å²) in [6.45, 7) is 0.478. The van der Waals surface area contributed by atoms with E-state index in [9.17, 15) is 4.79 Å². The van der Waals surface area contributed by atoms with Crippen LogP contribution in [0.15, 0.2) is 65.8 Å². The molecule has 2 rings (SSSR count). The van der Waals surface area contributed by atoms with Gasteiger partial charge in [-0.25, -0.2) is 0 Å². The van der Waals surface area contributed by atoms with Gasteiger partial charge in [0.05, 0.1) is 0 Å². The largest absolute Gasteiger partial charge is 0.489 e. The van der Waals surface area contributed by atoms with E-state index in [-0.39, 0.29) is 0 Å². The zero-order valence-electron chi connectivity index (χ0n) is 11.2. The molecule has 0 aliphatic rings. The van der Waals surface area contributed by atoms with Crippen LogP contribution in [0.25, 0.3) is 16.5 Å². The van der Waals surface area contributed by atoms with Crippen molar-refractivity contribution in [2.24, 2.45) is 5.11 Å². The van der Waals surface area contributed by atoms with E-state index in [1.165, 1.54) is 6.08 Å². The average molecular weight is 279 g/mol. The van der Waals surface area contributed by atoms with E-state index >= 15 is 0 Å². The summed E-state index contributed by atoms with van der Waals surface area (Å²) in [7, 11) is 0. The molecule has 0 spiro atoms. The number of rotatable bonds is 5. The molecule has 104 valence electrons. The van der Waals surface area contributed by atoms with Crippen molar-refractivity contribution in [3.63, 3.8) is 0 Å². The number of hydrogen-bond acceptors (Lipinski definition) is 2. The molecule has 0 unspecified atom stereocenters. The second kappa shape index (κ2) is 7.53. The molecule has 2 aromatic rings. The lowest BCUT2D eigenvalue weighted by Crippen LogP contribution is -1.95. The second-order valence-corrected chi connectivity index (χ2v) is 4.21. The first-order valence-corrected chi connectivity index (χ1v) is 6.32. The molecule has 0 aliphatic carbocycles. The Hall–Kier alpha value is -3.04. The molecule has 1 amide bonds. The van der Waals surface area contributed by atoms with Crippen molar-refractivity contribution in [1.29, 1.82) is 0 Å². The number of carbonyl (C=O) groups is 1. The second-order valence-electron chi connectivity index (χ2n) is 4.21. The van der Waals surface area contributed by atoms with Crippen molar-refractivity contribution >= 4 is 12.0 Å². The van der Waals surface area contributed by atoms with Gasteiger partial charge in [-0.3, -0.25) is 4.79 Å². The molecular formula is C16H13N3O2. The normalized spacial score (nSPS) is 10.1. The maximum Gasteiger partial charge on any atom is 0.242 e. The third-order valence-corrected chi connectivity index (χ3v) is 2.67. The van der Waals surface area contributed by atoms with Crippen LogP contribution in [0.2, 0.25) is 0 Å². The quantitative estimate of drug-likeness (QED) is 0.357. The molecule has 21 heavy (non-hydrogen) atoms. The number of benzene rings is 2. The van der Waals surface area contributed by atoms with Gasteiger partial charge in [0.25, 0.3) is 0 Å². The fraction of sp³-hybridized carbons (Fsp3) is 0.0625. The molecule has 0 N–H and O–H groups in total. The van der Waals surface area contributed by atoms with E-state index in [0.29, 0.717) is 12.4 Å². The minimum Gasteiger partial charge on any atom is -0.489 e. The fourth-order valence-electron chi connectivity index (χ4n) is 1.69. The SMILES string of the molecule is [N-]=[N+]=NC(=O)/C=C/c1cccc(OCc2ccccc2)c1. The Bertz CT molecular complexity index is 690. The van der Waals surface area contributed by atoms with Gasteiger partial charge in [0.1, 0.15) is 12.4 Å². The molecule has 0 heterocycles. The first kappa shape index (κ1) is 14.4. The third kappa shape index (κ3) is 4.86. The van der Waals surface area contributed by atoms with Gasteiger partial charge in [0.2, 0.25) is 5.91 Å². The standard InChI is InChI=1S/C16H13N3O2/c17-19-18-16(20)10-9-13-7-4-8-15(11-13)21-12-14-5-2-1-3-6-14/h1-11H,12H2/b10-9+. The van der Waals surface area contributed by atoms with Crippen LogP contribution >= 0.6 is 0 Å². The topological polar surface area (TPSA) is 75.1 Å². The molecule has 0 fully saturated rings. The molecule has 5 heteroatoms. The van der Waals surface area contributed by atoms with Crippen LogP contribution < -0.4 is 4.74 Å². The summed E-state index contributed by atoms with van der Waals surface area (Å²) in [5, 5.41) is 2.96. The smallest absolute Gasteiger partial charge is 0.242 e. The lowest BCUT2D eigenvalue weighted by molar-refractivity contribution is -0.113. The average Bonchev–Trinajstić information content (AvgIpc) is 2.53. The van der Waals surface area contributed by atoms with Crippen LogP contribution in [-0.2, 0) is 11.4 Å². The van der Waals surface area contributed by atoms with Crippen LogP contribution in [0, 0.1) is 0 Å². The molecule has 0 saturated carbocycles. The van der Waals surface area contributed by atoms with E-state index in [1.54, 1.807) is 6.08 Å². The van der Waals surface area contributed by atoms with Crippen molar-refractivity contribution in [2.45, 2.75) is 6.61 Å². The van der Waals surface area contributed by atoms with Gasteiger partial charge < -0.3 is 4.74 Å². The van der Waals surface area contributed by atoms with Crippen molar-refractivity contribution in [2.75, 3.05) is 0 Å². The summed E-state index contributed by atoms with van der Waals surface area (Å²) in [5.41, 5.74) is 10.0. The Morgan fingerprint density at radius 3 is 2.76 bits per heavy atom. The zero-order valence-corrected chi connectivity index (χ0v) is 11.2. The number of amides is 1. The van der Waals surface area contributed by atoms with Crippen LogP contribution in [0.1, 0.15) is 11.1 Å². The highest BCUT2D eigenvalue weighted by Gasteiger charge is 1.97. The molecule has 0 saturated heterocycles. The van der Waals surface area contributed by atoms with Gasteiger partial charge >= 0.3 is 0 Å². The molecule has 0 atom stereocenters. The van der Waals surface area contributed by atoms with E-state index in [2.05, 4.69) is 10.0 Å². The highest BCUT2D eigenvalue weighted by atomic mass is 16.5. The Kier molecular flexibility index (Phi) is 5.15. The molecule has 2 aromatic carbocycles. The Balaban J connectivity index is 2.01. The lowest BCUT2D eigenvalue weighted by atomic mass is 10.2. The Morgan fingerprint density at radius 2 is 2.00 bits per heavy atom. The number of carbonyl (C=O) groups excluding carboxylic acids is 1. The highest BCUT2D eigenvalue weighted by Crippen LogP contribution is 2.16. The van der Waals surface area contributed by atoms with Crippen molar-refractivity contribution < 1.29 is 9.53 Å². The summed E-state index contributed by atoms with van der Waals surface area (Å²) >= 11 is 0. The van der Waals surface area contributed by atoms with Crippen molar-refractivity contribution in [3.05, 3.63) is 82.2 Å². The lowest BCUT2D eigenvalue weighted by Gasteiger charge is -2.06. The van der Waals surface area contributed by atoms with Crippen LogP contribution in [0.5, 0.6) is 5.75 Å². The Labute approximate surface area is 122 Å². The van der Waals surface area contributed by atoms with Crippen LogP contribution in [0.3, 0.4) is 0 Å². The third-order valence-electron chi connectivity index (χ3n) is 2.67. The molecule has 0 radical (unpaired) electrons. The van der Waals surface area contributed by atoms with Crippen LogP contribution in [-0.4, -0.2) is 5.91 Å². The van der Waals surface area contributed by atoms with E-state index in [0.717, 1.165) is 11.1 Å². The van der Waals surface area contributed by atoms with Gasteiger partial charge in [-0.05, 0) is 40.0 Å². The maximum absolute atomic E-state index is 11.1. The summed E-state index contributed by atoms with van der Waals surface area (Å²) < 4.78 is 5.69. The number of azide groups is 1. The van der Waals surface area contributed by atoms with Gasteiger partial charge in [-0.1, -0.05) is 48.5 Å². The predicted octanol–water partition coefficient (Wildman–Crippen LogP) is 4.12. The maximum atomic E-state index is 11.1. The van der Waals surface area contributed by atoms with Gasteiger partial charge in [-0.15, -0.1) is 0 Å². The molecule has 0 aliphatic heterocycles. The summed E-state index contributed by atoms with van der Waals surface area (Å²) in [4.78, 5) is 13.5. The van der Waals surface area contributed by atoms with E-state index in [1.807, 2.05) is 54.6 Å².